The van der Waals surface area contributed by atoms with Gasteiger partial charge >= 0.3 is 5.97 Å². The Bertz CT molecular complexity index is 6430. The van der Waals surface area contributed by atoms with E-state index >= 15 is 0 Å². The maximum absolute atomic E-state index is 13.4. The van der Waals surface area contributed by atoms with Crippen LogP contribution < -0.4 is 22.0 Å². The highest BCUT2D eigenvalue weighted by atomic mass is 79.9. The molecule has 0 atom stereocenters. The van der Waals surface area contributed by atoms with Gasteiger partial charge in [-0.05, 0) is 237 Å². The topological polar surface area (TPSA) is 281 Å². The molecular formula is C95H85Br2Cl8N15O8S4. The van der Waals surface area contributed by atoms with Gasteiger partial charge in [0.1, 0.15) is 0 Å². The number of aromatic nitrogens is 8. The van der Waals surface area contributed by atoms with Gasteiger partial charge in [0.25, 0.3) is 17.7 Å². The number of benzene rings is 6. The van der Waals surface area contributed by atoms with E-state index < -0.39 is 5.97 Å². The maximum atomic E-state index is 13.4. The molecule has 0 radical (unpaired) electrons. The molecule has 37 heteroatoms. The summed E-state index contributed by atoms with van der Waals surface area (Å²) in [6, 6.07) is 51.9. The number of piperidine rings is 3. The Morgan fingerprint density at radius 2 is 0.674 bits per heavy atom. The third-order valence-electron chi connectivity index (χ3n) is 21.2. The molecule has 0 bridgehead atoms. The summed E-state index contributed by atoms with van der Waals surface area (Å²) in [5.41, 5.74) is 26.7. The highest BCUT2D eigenvalue weighted by molar-refractivity contribution is 9.11. The number of ether oxygens (including phenoxy) is 1. The van der Waals surface area contributed by atoms with E-state index in [2.05, 4.69) is 94.0 Å². The van der Waals surface area contributed by atoms with Crippen LogP contribution in [0.1, 0.15) is 161 Å². The third-order valence-corrected chi connectivity index (χ3v) is 28.6. The summed E-state index contributed by atoms with van der Waals surface area (Å²) >= 11 is 63.1. The first-order valence-corrected chi connectivity index (χ1v) is 49.7. The normalized spacial score (nSPS) is 13.4. The van der Waals surface area contributed by atoms with Crippen molar-refractivity contribution in [1.82, 2.24) is 70.4 Å². The molecule has 8 aromatic heterocycles. The maximum Gasteiger partial charge on any atom is 0.359 e. The van der Waals surface area contributed by atoms with E-state index in [-0.39, 0.29) is 73.5 Å². The van der Waals surface area contributed by atoms with Crippen LogP contribution in [0, 0.1) is 37.5 Å². The number of rotatable bonds is 20. The molecule has 3 aliphatic rings. The molecule has 132 heavy (non-hydrogen) atoms. The summed E-state index contributed by atoms with van der Waals surface area (Å²) in [5.74, 6) is 11.3. The van der Waals surface area contributed by atoms with Gasteiger partial charge in [0.15, 0.2) is 22.8 Å². The molecule has 14 aromatic rings. The minimum absolute atomic E-state index is 0.0555. The van der Waals surface area contributed by atoms with Crippen LogP contribution in [-0.4, -0.2) is 139 Å². The van der Waals surface area contributed by atoms with Gasteiger partial charge in [-0.25, -0.2) is 38.5 Å². The number of amides is 3. The van der Waals surface area contributed by atoms with E-state index in [1.807, 2.05) is 119 Å². The number of halogens is 10. The molecule has 0 saturated carbocycles. The van der Waals surface area contributed by atoms with E-state index in [9.17, 15) is 34.5 Å². The quantitative estimate of drug-likeness (QED) is 0.0276. The zero-order valence-electron chi connectivity index (χ0n) is 71.1. The summed E-state index contributed by atoms with van der Waals surface area (Å²) < 4.78 is 13.4. The van der Waals surface area contributed by atoms with Gasteiger partial charge in [0.05, 0.1) is 129 Å². The molecule has 17 rings (SSSR count). The zero-order chi connectivity index (χ0) is 93.4. The number of nitrogens with zero attached hydrogens (tertiary/aromatic N) is 11. The number of carbonyl (C=O) groups excluding carboxylic acids is 4. The smallest absolute Gasteiger partial charge is 0.359 e. The predicted molar refractivity (Wildman–Crippen MR) is 538 cm³/mol. The number of hydrogen-bond acceptors (Lipinski definition) is 20. The average Bonchev–Trinajstić information content (AvgIpc) is 1.62. The van der Waals surface area contributed by atoms with E-state index in [1.54, 1.807) is 93.8 Å². The number of aryl methyl sites for hydroxylation is 2. The van der Waals surface area contributed by atoms with E-state index in [4.69, 9.17) is 108 Å². The highest BCUT2D eigenvalue weighted by Crippen LogP contribution is 2.44. The molecule has 3 fully saturated rings. The van der Waals surface area contributed by atoms with Crippen LogP contribution in [0.2, 0.25) is 40.2 Å². The molecule has 6 aromatic carbocycles. The first-order valence-electron chi connectivity index (χ1n) is 41.8. The second-order valence-corrected chi connectivity index (χ2v) is 40.8. The summed E-state index contributed by atoms with van der Waals surface area (Å²) in [4.78, 5) is 57.2. The number of hydrazine groups is 3. The standard InChI is InChI=1S/C29H27Cl2N5OS.C29H26Cl2N4O2S.C20H19BrCl2N4O2S.C17H13BrCl2N2O3S/c1-19-5-7-20(8-6-19)9-11-22-12-14-26(38-22)28-23(18-32)27(29(37)34-35-15-3-2-4-16-35)33-36(28)25-13-10-21(30)17-24(25)31;1-19-5-7-20(8-6-19)9-11-22-12-14-26(38-22)28-23(18-36)27(29(37)33-34-15-3-2-4-16-34)32-35(28)25-13-10-21(30)17-24(25)31;21-17-7-6-16(30-17)19-13(11-28)18(20(29)25-26-8-2-1-3-9-26)24-27(19)15-5-4-12(22)10-14(15)23;1-2-25-17(24)15-10(8-23)16(13-5-6-14(18)26-13)22(21-15)12-4-3-9(19)7-11(12)20/h5-8,10,12-14,17H,2-4,15-16,18,32H2,1H3,(H,34,37);5-8,10,12-14,17,36H,2-4,15-16,18H2,1H3,(H,33,37);4-7,10,28H,1-3,8-9,11H2,(H,25,29);3-7,23H,2,8H2,1H3. The van der Waals surface area contributed by atoms with E-state index in [1.165, 1.54) is 67.6 Å². The van der Waals surface area contributed by atoms with Crippen LogP contribution in [-0.2, 0) is 31.1 Å². The average molecular weight is 2140 g/mol. The number of aliphatic hydroxyl groups excluding tert-OH is 3. The molecule has 11 heterocycles. The molecule has 8 N–H and O–H groups in total. The molecule has 682 valence electrons. The van der Waals surface area contributed by atoms with Gasteiger partial charge in [-0.2, -0.15) is 20.4 Å². The minimum atomic E-state index is -0.600. The van der Waals surface area contributed by atoms with Crippen molar-refractivity contribution in [1.29, 1.82) is 0 Å². The molecule has 0 spiro atoms. The van der Waals surface area contributed by atoms with Crippen LogP contribution in [0.4, 0.5) is 0 Å². The number of hydrogen-bond donors (Lipinski definition) is 7. The lowest BCUT2D eigenvalue weighted by molar-refractivity contribution is 0.0514. The first kappa shape index (κ1) is 98.9. The molecule has 3 aliphatic heterocycles. The largest absolute Gasteiger partial charge is 0.461 e. The van der Waals surface area contributed by atoms with Crippen molar-refractivity contribution < 1.29 is 39.2 Å². The van der Waals surface area contributed by atoms with Crippen LogP contribution in [0.5, 0.6) is 0 Å². The summed E-state index contributed by atoms with van der Waals surface area (Å²) in [6.45, 7) is 9.86. The number of aliphatic hydroxyl groups is 3. The Morgan fingerprint density at radius 1 is 0.386 bits per heavy atom. The summed E-state index contributed by atoms with van der Waals surface area (Å²) in [6.07, 6.45) is 9.70. The van der Waals surface area contributed by atoms with Crippen molar-refractivity contribution in [3.8, 4) is 88.7 Å². The molecule has 0 unspecified atom stereocenters. The molecule has 3 saturated heterocycles. The highest BCUT2D eigenvalue weighted by Gasteiger charge is 2.33. The lowest BCUT2D eigenvalue weighted by Gasteiger charge is -2.26. The molecule has 0 aliphatic carbocycles. The van der Waals surface area contributed by atoms with Crippen LogP contribution in [0.15, 0.2) is 177 Å². The fourth-order valence-corrected chi connectivity index (χ4v) is 21.4. The number of nitrogens with one attached hydrogen (secondary N) is 3. The fraction of sp³-hybridized carbons (Fsp3) is 0.242. The molecule has 23 nitrogen and oxygen atoms in total. The van der Waals surface area contributed by atoms with Gasteiger partial charge in [0, 0.05) is 99.3 Å². The monoisotopic (exact) mass is 2130 g/mol. The third kappa shape index (κ3) is 24.2. The van der Waals surface area contributed by atoms with Gasteiger partial charge in [0.2, 0.25) is 0 Å². The van der Waals surface area contributed by atoms with Crippen molar-refractivity contribution >= 4 is 194 Å². The zero-order valence-corrected chi connectivity index (χ0v) is 83.6. The second kappa shape index (κ2) is 46.5. The Balaban J connectivity index is 0.000000143. The van der Waals surface area contributed by atoms with E-state index in [0.29, 0.717) is 108 Å². The van der Waals surface area contributed by atoms with Crippen molar-refractivity contribution in [2.45, 2.75) is 105 Å². The number of nitrogens with two attached hydrogens (primary N) is 1. The number of esters is 1. The van der Waals surface area contributed by atoms with Crippen LogP contribution in [0.3, 0.4) is 0 Å². The predicted octanol–water partition coefficient (Wildman–Crippen LogP) is 23.1. The Kier molecular flexibility index (Phi) is 34.8. The van der Waals surface area contributed by atoms with Gasteiger partial charge < -0.3 is 25.8 Å². The van der Waals surface area contributed by atoms with Crippen molar-refractivity contribution in [3.05, 3.63) is 295 Å². The molecule has 3 amide bonds. The Hall–Kier alpha value is -9.04. The second-order valence-electron chi connectivity index (χ2n) is 30.4. The first-order chi connectivity index (χ1) is 63.8. The number of carbonyl (C=O) groups is 4. The van der Waals surface area contributed by atoms with Crippen molar-refractivity contribution in [2.75, 3.05) is 45.9 Å². The lowest BCUT2D eigenvalue weighted by atomic mass is 10.1. The summed E-state index contributed by atoms with van der Waals surface area (Å²) in [7, 11) is 0. The lowest BCUT2D eigenvalue weighted by Crippen LogP contribution is -2.45. The van der Waals surface area contributed by atoms with Crippen molar-refractivity contribution in [2.24, 2.45) is 5.73 Å². The number of thiophene rings is 4. The summed E-state index contributed by atoms with van der Waals surface area (Å²) in [5, 5.41) is 58.2. The minimum Gasteiger partial charge on any atom is -0.461 e. The SMILES string of the molecule is CCOC(=O)c1nn(-c2ccc(Cl)cc2Cl)c(-c2ccc(Br)s2)c1CO.Cc1ccc(C#Cc2ccc(-c3c(CN)c(C(=O)NN4CCCCC4)nn3-c3ccc(Cl)cc3Cl)s2)cc1.Cc1ccc(C#Cc2ccc(-c3c(CO)c(C(=O)NN4CCCCC4)nn3-c3ccc(Cl)cc3Cl)s2)cc1.O=C(NN1CCCCC1)c1nn(-c2ccc(Cl)cc2Cl)c(-c2ccc(Br)s2)c1CO. The van der Waals surface area contributed by atoms with Crippen LogP contribution in [0.25, 0.3) is 65.0 Å². The van der Waals surface area contributed by atoms with Crippen LogP contribution >= 0.6 is 170 Å². The van der Waals surface area contributed by atoms with Gasteiger partial charge in [-0.15, -0.1) is 45.3 Å². The molecular weight excluding hydrogens is 2050 g/mol. The Morgan fingerprint density at radius 3 is 0.962 bits per heavy atom. The Labute approximate surface area is 835 Å². The van der Waals surface area contributed by atoms with Gasteiger partial charge in [-0.3, -0.25) is 30.7 Å². The van der Waals surface area contributed by atoms with Gasteiger partial charge in [-0.1, -0.05) is 171 Å². The van der Waals surface area contributed by atoms with E-state index in [0.717, 1.165) is 139 Å². The van der Waals surface area contributed by atoms with Crippen molar-refractivity contribution in [3.63, 3.8) is 0 Å². The fourth-order valence-electron chi connectivity index (χ4n) is 14.8.